The van der Waals surface area contributed by atoms with Gasteiger partial charge in [-0.05, 0) is 55.1 Å². The summed E-state index contributed by atoms with van der Waals surface area (Å²) in [4.78, 5) is 30.6. The maximum Gasteiger partial charge on any atom is 0.332 e. The van der Waals surface area contributed by atoms with E-state index in [0.717, 1.165) is 11.8 Å². The van der Waals surface area contributed by atoms with E-state index >= 15 is 0 Å². The molecular weight excluding hydrogens is 366 g/mol. The van der Waals surface area contributed by atoms with Crippen molar-refractivity contribution < 1.29 is 18.7 Å². The Labute approximate surface area is 159 Å². The first-order valence-corrected chi connectivity index (χ1v) is 8.91. The van der Waals surface area contributed by atoms with Crippen molar-refractivity contribution in [1.29, 1.82) is 5.26 Å². The van der Waals surface area contributed by atoms with Crippen LogP contribution in [0.25, 0.3) is 0 Å². The van der Waals surface area contributed by atoms with E-state index in [1.807, 2.05) is 6.07 Å². The molecule has 0 bridgehead atoms. The maximum atomic E-state index is 12.7. The quantitative estimate of drug-likeness (QED) is 0.582. The molecule has 0 spiro atoms. The normalized spacial score (nSPS) is 16.7. The van der Waals surface area contributed by atoms with Crippen LogP contribution in [0.1, 0.15) is 18.2 Å². The van der Waals surface area contributed by atoms with Gasteiger partial charge in [-0.25, -0.2) is 9.79 Å². The number of ether oxygens (including phenoxy) is 1. The van der Waals surface area contributed by atoms with Crippen LogP contribution in [0.3, 0.4) is 0 Å². The summed E-state index contributed by atoms with van der Waals surface area (Å²) >= 11 is 1.09. The van der Waals surface area contributed by atoms with Crippen molar-refractivity contribution in [2.75, 3.05) is 6.61 Å². The summed E-state index contributed by atoms with van der Waals surface area (Å²) in [5.74, 6) is -0.336. The number of carbonyl (C=O) groups is 2. The molecule has 0 aliphatic carbocycles. The van der Waals surface area contributed by atoms with Crippen molar-refractivity contribution in [3.63, 3.8) is 0 Å². The largest absolute Gasteiger partial charge is 0.467 e. The maximum absolute atomic E-state index is 12.7. The van der Waals surface area contributed by atoms with Crippen molar-refractivity contribution in [3.05, 3.63) is 65.0 Å². The van der Waals surface area contributed by atoms with E-state index in [-0.39, 0.29) is 24.0 Å². The Balaban J connectivity index is 1.92. The number of thioether (sulfide) groups is 1. The number of nitrogens with zero attached hydrogens (tertiary/aromatic N) is 3. The summed E-state index contributed by atoms with van der Waals surface area (Å²) in [5, 5.41) is 9.30. The minimum Gasteiger partial charge on any atom is -0.467 e. The molecule has 1 aliphatic rings. The van der Waals surface area contributed by atoms with Crippen LogP contribution in [0.2, 0.25) is 0 Å². The Hall–Kier alpha value is -3.31. The number of hydrogen-bond donors (Lipinski definition) is 0. The molecule has 27 heavy (non-hydrogen) atoms. The predicted molar refractivity (Wildman–Crippen MR) is 99.8 cm³/mol. The molecule has 3 rings (SSSR count). The summed E-state index contributed by atoms with van der Waals surface area (Å²) in [6.07, 6.45) is 2.70. The average Bonchev–Trinajstić information content (AvgIpc) is 3.27. The standard InChI is InChI=1S/C19H15N3O4S/c1-2-25-17(23)10-16-18(24)22(12-15-4-3-9-26-15)19(27-16)21-14-7-5-13(11-20)6-8-14/h3-10H,2,12H2,1H3/b16-10+,21-19?. The third-order valence-corrected chi connectivity index (χ3v) is 4.55. The molecule has 0 atom stereocenters. The highest BCUT2D eigenvalue weighted by Gasteiger charge is 2.34. The molecule has 0 saturated carbocycles. The van der Waals surface area contributed by atoms with Gasteiger partial charge in [0.2, 0.25) is 0 Å². The number of benzene rings is 1. The van der Waals surface area contributed by atoms with Gasteiger partial charge in [-0.15, -0.1) is 0 Å². The Morgan fingerprint density at radius 3 is 2.78 bits per heavy atom. The Morgan fingerprint density at radius 2 is 2.15 bits per heavy atom. The van der Waals surface area contributed by atoms with Gasteiger partial charge in [0.25, 0.3) is 5.91 Å². The number of hydrogen-bond acceptors (Lipinski definition) is 7. The van der Waals surface area contributed by atoms with Gasteiger partial charge in [-0.2, -0.15) is 5.26 Å². The molecule has 2 aromatic rings. The second kappa shape index (κ2) is 8.38. The summed E-state index contributed by atoms with van der Waals surface area (Å²) < 4.78 is 10.2. The molecule has 1 aliphatic heterocycles. The van der Waals surface area contributed by atoms with E-state index in [4.69, 9.17) is 14.4 Å². The van der Waals surface area contributed by atoms with Crippen LogP contribution in [-0.2, 0) is 20.9 Å². The highest BCUT2D eigenvalue weighted by Crippen LogP contribution is 2.34. The van der Waals surface area contributed by atoms with Crippen molar-refractivity contribution in [1.82, 2.24) is 4.90 Å². The highest BCUT2D eigenvalue weighted by molar-refractivity contribution is 8.18. The van der Waals surface area contributed by atoms with E-state index in [2.05, 4.69) is 4.99 Å². The molecule has 7 nitrogen and oxygen atoms in total. The van der Waals surface area contributed by atoms with E-state index in [9.17, 15) is 9.59 Å². The number of amides is 1. The SMILES string of the molecule is CCOC(=O)/C=C1/SC(=Nc2ccc(C#N)cc2)N(Cc2ccco2)C1=O. The number of nitriles is 1. The first kappa shape index (κ1) is 18.5. The minimum atomic E-state index is -0.578. The lowest BCUT2D eigenvalue weighted by Crippen LogP contribution is -2.28. The van der Waals surface area contributed by atoms with Gasteiger partial charge in [0.15, 0.2) is 5.17 Å². The number of rotatable bonds is 5. The molecular formula is C19H15N3O4S. The van der Waals surface area contributed by atoms with Crippen LogP contribution in [0, 0.1) is 11.3 Å². The van der Waals surface area contributed by atoms with E-state index < -0.39 is 5.97 Å². The summed E-state index contributed by atoms with van der Waals surface area (Å²) in [5.41, 5.74) is 1.11. The summed E-state index contributed by atoms with van der Waals surface area (Å²) in [6.45, 7) is 2.11. The lowest BCUT2D eigenvalue weighted by Gasteiger charge is -2.13. The number of esters is 1. The lowest BCUT2D eigenvalue weighted by atomic mass is 10.2. The van der Waals surface area contributed by atoms with Gasteiger partial charge in [-0.1, -0.05) is 0 Å². The number of amidine groups is 1. The highest BCUT2D eigenvalue weighted by atomic mass is 32.2. The van der Waals surface area contributed by atoms with Crippen LogP contribution < -0.4 is 0 Å². The fraction of sp³-hybridized carbons (Fsp3) is 0.158. The predicted octanol–water partition coefficient (Wildman–Crippen LogP) is 3.36. The van der Waals surface area contributed by atoms with Crippen LogP contribution in [0.4, 0.5) is 5.69 Å². The summed E-state index contributed by atoms with van der Waals surface area (Å²) in [7, 11) is 0. The number of aliphatic imine (C=N–C) groups is 1. The first-order valence-electron chi connectivity index (χ1n) is 8.10. The zero-order valence-electron chi connectivity index (χ0n) is 14.4. The summed E-state index contributed by atoms with van der Waals surface area (Å²) in [6, 6.07) is 12.2. The van der Waals surface area contributed by atoms with E-state index in [0.29, 0.717) is 22.2 Å². The monoisotopic (exact) mass is 381 g/mol. The Bertz CT molecular complexity index is 940. The molecule has 1 amide bonds. The third-order valence-electron chi connectivity index (χ3n) is 3.54. The van der Waals surface area contributed by atoms with Gasteiger partial charge < -0.3 is 9.15 Å². The third kappa shape index (κ3) is 4.46. The second-order valence-electron chi connectivity index (χ2n) is 5.39. The van der Waals surface area contributed by atoms with Crippen molar-refractivity contribution in [3.8, 4) is 6.07 Å². The number of furan rings is 1. The van der Waals surface area contributed by atoms with Crippen LogP contribution in [0.15, 0.2) is 63.1 Å². The topological polar surface area (TPSA) is 95.9 Å². The van der Waals surface area contributed by atoms with Crippen molar-refractivity contribution in [2.24, 2.45) is 4.99 Å². The molecule has 1 aromatic carbocycles. The van der Waals surface area contributed by atoms with Crippen LogP contribution >= 0.6 is 11.8 Å². The fourth-order valence-corrected chi connectivity index (χ4v) is 3.26. The van der Waals surface area contributed by atoms with Gasteiger partial charge in [0.05, 0.1) is 41.6 Å². The Morgan fingerprint density at radius 1 is 1.37 bits per heavy atom. The fourth-order valence-electron chi connectivity index (χ4n) is 2.30. The van der Waals surface area contributed by atoms with Crippen LogP contribution in [-0.4, -0.2) is 28.6 Å². The molecule has 0 radical (unpaired) electrons. The first-order chi connectivity index (χ1) is 13.1. The molecule has 1 saturated heterocycles. The van der Waals surface area contributed by atoms with Crippen LogP contribution in [0.5, 0.6) is 0 Å². The van der Waals surface area contributed by atoms with Gasteiger partial charge >= 0.3 is 5.97 Å². The van der Waals surface area contributed by atoms with Gasteiger partial charge in [0.1, 0.15) is 5.76 Å². The lowest BCUT2D eigenvalue weighted by molar-refractivity contribution is -0.137. The second-order valence-corrected chi connectivity index (χ2v) is 6.40. The van der Waals surface area contributed by atoms with E-state index in [1.165, 1.54) is 17.2 Å². The number of carbonyl (C=O) groups excluding carboxylic acids is 2. The molecule has 0 unspecified atom stereocenters. The molecule has 8 heteroatoms. The molecule has 1 fully saturated rings. The van der Waals surface area contributed by atoms with E-state index in [1.54, 1.807) is 43.3 Å². The molecule has 0 N–H and O–H groups in total. The average molecular weight is 381 g/mol. The smallest absolute Gasteiger partial charge is 0.332 e. The van der Waals surface area contributed by atoms with Gasteiger partial charge in [0, 0.05) is 6.08 Å². The Kier molecular flexibility index (Phi) is 5.74. The molecule has 1 aromatic heterocycles. The minimum absolute atomic E-state index is 0.189. The van der Waals surface area contributed by atoms with Crippen molar-refractivity contribution >= 4 is 34.5 Å². The van der Waals surface area contributed by atoms with Crippen molar-refractivity contribution in [2.45, 2.75) is 13.5 Å². The zero-order valence-corrected chi connectivity index (χ0v) is 15.2. The molecule has 2 heterocycles. The molecule has 136 valence electrons. The zero-order chi connectivity index (χ0) is 19.2. The van der Waals surface area contributed by atoms with Gasteiger partial charge in [-0.3, -0.25) is 9.69 Å².